The van der Waals surface area contributed by atoms with E-state index in [0.717, 1.165) is 10.4 Å². The molecule has 4 heterocycles. The summed E-state index contributed by atoms with van der Waals surface area (Å²) >= 11 is 1.51. The summed E-state index contributed by atoms with van der Waals surface area (Å²) in [5.41, 5.74) is 7.27. The summed E-state index contributed by atoms with van der Waals surface area (Å²) in [6, 6.07) is 3.82. The number of rotatable bonds is 5. The summed E-state index contributed by atoms with van der Waals surface area (Å²) in [5, 5.41) is 23.2. The van der Waals surface area contributed by atoms with Crippen molar-refractivity contribution >= 4 is 36.8 Å². The molecule has 5 unspecified atom stereocenters. The normalized spacial score (nSPS) is 25.7. The first-order valence-corrected chi connectivity index (χ1v) is 9.94. The van der Waals surface area contributed by atoms with Gasteiger partial charge in [0.25, 0.3) is 0 Å². The summed E-state index contributed by atoms with van der Waals surface area (Å²) in [4.78, 5) is 28.8. The van der Waals surface area contributed by atoms with E-state index in [1.165, 1.54) is 17.7 Å². The molecule has 0 spiro atoms. The summed E-state index contributed by atoms with van der Waals surface area (Å²) in [7, 11) is -2.84. The van der Waals surface area contributed by atoms with E-state index in [9.17, 15) is 15.1 Å². The van der Waals surface area contributed by atoms with Crippen molar-refractivity contribution in [3.05, 3.63) is 30.0 Å². The van der Waals surface area contributed by atoms with Gasteiger partial charge in [0.15, 0.2) is 6.23 Å². The second kappa shape index (κ2) is 8.99. The predicted octanol–water partition coefficient (Wildman–Crippen LogP) is -3.04. The van der Waals surface area contributed by atoms with Gasteiger partial charge in [-0.2, -0.15) is 0 Å². The summed E-state index contributed by atoms with van der Waals surface area (Å²) in [5.74, 6) is 0.285. The fraction of sp³-hybridized carbons (Fsp3) is 0.333. The molecule has 1 fully saturated rings. The number of fused-ring (bicyclic) bond motifs is 1. The van der Waals surface area contributed by atoms with Crippen LogP contribution < -0.4 is 40.2 Å². The Bertz CT molecular complexity index is 942. The van der Waals surface area contributed by atoms with Gasteiger partial charge in [0.2, 0.25) is 0 Å². The molecule has 10 nitrogen and oxygen atoms in total. The van der Waals surface area contributed by atoms with Crippen LogP contribution in [-0.4, -0.2) is 54.6 Å². The largest absolute Gasteiger partial charge is 1.00 e. The zero-order valence-electron chi connectivity index (χ0n) is 14.7. The summed E-state index contributed by atoms with van der Waals surface area (Å²) in [6.45, 7) is -0.339. The van der Waals surface area contributed by atoms with Gasteiger partial charge in [-0.25, -0.2) is 9.97 Å². The molecule has 5 atom stereocenters. The van der Waals surface area contributed by atoms with E-state index in [4.69, 9.17) is 15.4 Å². The smallest absolute Gasteiger partial charge is 0.786 e. The maximum Gasteiger partial charge on any atom is 1.00 e. The van der Waals surface area contributed by atoms with Crippen LogP contribution in [0.2, 0.25) is 0 Å². The van der Waals surface area contributed by atoms with Crippen molar-refractivity contribution in [1.82, 2.24) is 14.5 Å². The van der Waals surface area contributed by atoms with E-state index in [1.807, 2.05) is 17.5 Å². The van der Waals surface area contributed by atoms with Gasteiger partial charge < -0.3 is 39.6 Å². The van der Waals surface area contributed by atoms with Crippen LogP contribution in [0.1, 0.15) is 6.23 Å². The molecule has 3 aromatic rings. The molecule has 0 saturated carbocycles. The third-order valence-corrected chi connectivity index (χ3v) is 5.66. The van der Waals surface area contributed by atoms with Crippen LogP contribution in [0.15, 0.2) is 30.0 Å². The van der Waals surface area contributed by atoms with Crippen molar-refractivity contribution in [2.45, 2.75) is 24.5 Å². The Morgan fingerprint density at radius 2 is 2.14 bits per heavy atom. The van der Waals surface area contributed by atoms with Gasteiger partial charge in [0.1, 0.15) is 36.1 Å². The molecule has 3 aromatic heterocycles. The third-order valence-electron chi connectivity index (χ3n) is 4.39. The van der Waals surface area contributed by atoms with Crippen LogP contribution in [0.3, 0.4) is 0 Å². The number of nitrogens with zero attached hydrogens (tertiary/aromatic N) is 3. The SMILES string of the molecule is Nc1ncnc2c1c(-c1cccs1)cn2C1OC(COP([O-])O)C(O)C1O.[Na+]. The molecule has 0 amide bonds. The van der Waals surface area contributed by atoms with E-state index in [0.29, 0.717) is 11.0 Å². The molecule has 144 valence electrons. The van der Waals surface area contributed by atoms with E-state index in [2.05, 4.69) is 14.5 Å². The Balaban J connectivity index is 0.00000225. The zero-order valence-corrected chi connectivity index (χ0v) is 18.5. The number of aliphatic hydroxyl groups is 2. The van der Waals surface area contributed by atoms with Crippen molar-refractivity contribution in [1.29, 1.82) is 0 Å². The van der Waals surface area contributed by atoms with Crippen molar-refractivity contribution in [3.63, 3.8) is 0 Å². The first-order valence-electron chi connectivity index (χ1n) is 7.93. The number of thiophene rings is 1. The molecule has 13 heteroatoms. The second-order valence-corrected chi connectivity index (χ2v) is 7.65. The Morgan fingerprint density at radius 3 is 2.82 bits per heavy atom. The molecular weight excluding hydrogens is 418 g/mol. The van der Waals surface area contributed by atoms with Crippen LogP contribution in [0, 0.1) is 0 Å². The van der Waals surface area contributed by atoms with Crippen LogP contribution >= 0.6 is 19.9 Å². The Morgan fingerprint density at radius 1 is 1.36 bits per heavy atom. The minimum Gasteiger partial charge on any atom is -0.786 e. The molecular formula is C15H16N4NaO6PS. The molecule has 0 bridgehead atoms. The second-order valence-electron chi connectivity index (χ2n) is 5.96. The molecule has 0 aromatic carbocycles. The maximum atomic E-state index is 10.7. The fourth-order valence-electron chi connectivity index (χ4n) is 3.15. The predicted molar refractivity (Wildman–Crippen MR) is 96.3 cm³/mol. The van der Waals surface area contributed by atoms with E-state index >= 15 is 0 Å². The standard InChI is InChI=1S/C15H16N4O6PS.Na/c16-13-10-7(9-2-1-3-27-9)4-19(14(10)18-6-17-13)15-12(21)11(20)8(25-15)5-24-26(22)23;/h1-4,6,8,11-12,15,20-22H,5H2,(H2,16,17,18);/q-1;+1. The number of aromatic nitrogens is 3. The van der Waals surface area contributed by atoms with Crippen molar-refractivity contribution in [2.24, 2.45) is 0 Å². The number of aliphatic hydroxyl groups excluding tert-OH is 2. The maximum absolute atomic E-state index is 10.7. The number of nitrogens with two attached hydrogens (primary N) is 1. The first-order chi connectivity index (χ1) is 13.0. The summed E-state index contributed by atoms with van der Waals surface area (Å²) in [6.07, 6.45) is -1.50. The minimum atomic E-state index is -2.84. The molecule has 5 N–H and O–H groups in total. The van der Waals surface area contributed by atoms with E-state index in [-0.39, 0.29) is 42.0 Å². The molecule has 1 aliphatic rings. The Labute approximate surface area is 186 Å². The van der Waals surface area contributed by atoms with Crippen molar-refractivity contribution in [2.75, 3.05) is 12.3 Å². The minimum absolute atomic E-state index is 0. The zero-order chi connectivity index (χ0) is 19.1. The van der Waals surface area contributed by atoms with E-state index < -0.39 is 33.1 Å². The van der Waals surface area contributed by atoms with Crippen LogP contribution in [0.25, 0.3) is 21.5 Å². The number of hydrogen-bond donors (Lipinski definition) is 4. The van der Waals surface area contributed by atoms with Crippen LogP contribution in [-0.2, 0) is 9.26 Å². The quantitative estimate of drug-likeness (QED) is 0.242. The van der Waals surface area contributed by atoms with E-state index in [1.54, 1.807) is 10.8 Å². The average Bonchev–Trinajstić information content (AvgIpc) is 3.34. The molecule has 1 aliphatic heterocycles. The van der Waals surface area contributed by atoms with Gasteiger partial charge >= 0.3 is 29.6 Å². The average molecular weight is 434 g/mol. The molecule has 0 aliphatic carbocycles. The number of anilines is 1. The Hall–Kier alpha value is -0.690. The molecule has 0 radical (unpaired) electrons. The summed E-state index contributed by atoms with van der Waals surface area (Å²) < 4.78 is 11.9. The Kier molecular flexibility index (Phi) is 7.06. The number of nitrogen functional groups attached to an aromatic ring is 1. The monoisotopic (exact) mass is 434 g/mol. The topological polar surface area (TPSA) is 159 Å². The molecule has 4 rings (SSSR count). The number of hydrogen-bond acceptors (Lipinski definition) is 10. The fourth-order valence-corrected chi connectivity index (χ4v) is 4.17. The molecule has 28 heavy (non-hydrogen) atoms. The number of ether oxygens (including phenoxy) is 1. The van der Waals surface area contributed by atoms with Gasteiger partial charge in [0, 0.05) is 16.6 Å². The molecule has 1 saturated heterocycles. The van der Waals surface area contributed by atoms with Crippen LogP contribution in [0.5, 0.6) is 0 Å². The van der Waals surface area contributed by atoms with Gasteiger partial charge in [-0.15, -0.1) is 11.3 Å². The van der Waals surface area contributed by atoms with Gasteiger partial charge in [-0.3, -0.25) is 0 Å². The van der Waals surface area contributed by atoms with Crippen molar-refractivity contribution in [3.8, 4) is 10.4 Å². The van der Waals surface area contributed by atoms with Gasteiger partial charge in [0.05, 0.1) is 20.6 Å². The van der Waals surface area contributed by atoms with Gasteiger partial charge in [-0.05, 0) is 11.4 Å². The third kappa shape index (κ3) is 3.98. The first kappa shape index (κ1) is 22.0. The van der Waals surface area contributed by atoms with Gasteiger partial charge in [-0.1, -0.05) is 6.07 Å². The van der Waals surface area contributed by atoms with Crippen molar-refractivity contribution < 1.29 is 58.8 Å². The van der Waals surface area contributed by atoms with Crippen LogP contribution in [0.4, 0.5) is 5.82 Å².